The van der Waals surface area contributed by atoms with Crippen molar-refractivity contribution in [1.29, 1.82) is 0 Å². The molecule has 10 heteroatoms. The van der Waals surface area contributed by atoms with E-state index in [0.717, 1.165) is 16.9 Å². The van der Waals surface area contributed by atoms with Gasteiger partial charge < -0.3 is 9.26 Å². The van der Waals surface area contributed by atoms with Gasteiger partial charge in [0.1, 0.15) is 9.96 Å². The van der Waals surface area contributed by atoms with E-state index in [4.69, 9.17) is 20.9 Å². The summed E-state index contributed by atoms with van der Waals surface area (Å²) in [6.45, 7) is 0.594. The lowest BCUT2D eigenvalue weighted by Gasteiger charge is -2.35. The van der Waals surface area contributed by atoms with E-state index in [0.29, 0.717) is 34.9 Å². The summed E-state index contributed by atoms with van der Waals surface area (Å²) in [6, 6.07) is 10.5. The number of thiophene rings is 1. The molecule has 1 saturated heterocycles. The lowest BCUT2D eigenvalue weighted by atomic mass is 10.0. The Morgan fingerprint density at radius 1 is 1.27 bits per heavy atom. The molecule has 26 heavy (non-hydrogen) atoms. The third-order valence-electron chi connectivity index (χ3n) is 4.13. The van der Waals surface area contributed by atoms with Crippen LogP contribution in [0.3, 0.4) is 0 Å². The second-order valence-corrected chi connectivity index (χ2v) is 9.61. The quantitative estimate of drug-likeness (QED) is 0.640. The molecule has 136 valence electrons. The summed E-state index contributed by atoms with van der Waals surface area (Å²) in [5, 5.41) is 4.00. The number of halogens is 1. The SMILES string of the molecule is COc1ccccc1-c1noc(C2CN(S(=O)(=O)c3ccc(Cl)s3)C2)n1. The number of nitrogens with zero attached hydrogens (tertiary/aromatic N) is 3. The minimum atomic E-state index is -3.52. The fourth-order valence-corrected chi connectivity index (χ4v) is 5.86. The second kappa shape index (κ2) is 6.66. The molecule has 0 amide bonds. The van der Waals surface area contributed by atoms with Gasteiger partial charge in [-0.2, -0.15) is 9.29 Å². The van der Waals surface area contributed by atoms with Crippen molar-refractivity contribution in [1.82, 2.24) is 14.4 Å². The average Bonchev–Trinajstić information content (AvgIpc) is 3.23. The van der Waals surface area contributed by atoms with Crippen molar-refractivity contribution >= 4 is 33.0 Å². The van der Waals surface area contributed by atoms with Crippen LogP contribution in [0.2, 0.25) is 4.34 Å². The number of rotatable bonds is 5. The highest BCUT2D eigenvalue weighted by Gasteiger charge is 2.41. The number of para-hydroxylation sites is 1. The maximum Gasteiger partial charge on any atom is 0.252 e. The maximum absolute atomic E-state index is 12.5. The van der Waals surface area contributed by atoms with Crippen molar-refractivity contribution in [3.8, 4) is 17.1 Å². The van der Waals surface area contributed by atoms with E-state index in [-0.39, 0.29) is 10.1 Å². The Labute approximate surface area is 159 Å². The van der Waals surface area contributed by atoms with E-state index in [2.05, 4.69) is 10.1 Å². The molecule has 7 nitrogen and oxygen atoms in total. The number of aromatic nitrogens is 2. The van der Waals surface area contributed by atoms with E-state index >= 15 is 0 Å². The van der Waals surface area contributed by atoms with Gasteiger partial charge in [0.05, 0.1) is 22.9 Å². The van der Waals surface area contributed by atoms with Crippen LogP contribution in [0.25, 0.3) is 11.4 Å². The first-order valence-corrected chi connectivity index (χ1v) is 10.3. The molecule has 3 heterocycles. The first-order chi connectivity index (χ1) is 12.5. The molecule has 2 aromatic heterocycles. The minimum absolute atomic E-state index is 0.129. The van der Waals surface area contributed by atoms with E-state index in [1.54, 1.807) is 13.2 Å². The molecule has 1 aliphatic heterocycles. The van der Waals surface area contributed by atoms with Crippen LogP contribution in [0.4, 0.5) is 0 Å². The Kier molecular flexibility index (Phi) is 4.47. The summed E-state index contributed by atoms with van der Waals surface area (Å²) in [5.74, 6) is 1.36. The summed E-state index contributed by atoms with van der Waals surface area (Å²) in [7, 11) is -1.95. The monoisotopic (exact) mass is 411 g/mol. The van der Waals surface area contributed by atoms with Gasteiger partial charge in [-0.3, -0.25) is 0 Å². The van der Waals surface area contributed by atoms with Gasteiger partial charge in [0.2, 0.25) is 11.7 Å². The Morgan fingerprint density at radius 2 is 2.04 bits per heavy atom. The number of sulfonamides is 1. The first kappa shape index (κ1) is 17.5. The highest BCUT2D eigenvalue weighted by atomic mass is 35.5. The second-order valence-electron chi connectivity index (χ2n) is 5.73. The fourth-order valence-electron chi connectivity index (χ4n) is 2.69. The van der Waals surface area contributed by atoms with Crippen LogP contribution in [0.1, 0.15) is 11.8 Å². The summed E-state index contributed by atoms with van der Waals surface area (Å²) in [4.78, 5) is 4.41. The predicted octanol–water partition coefficient (Wildman–Crippen LogP) is 3.25. The van der Waals surface area contributed by atoms with E-state index in [1.807, 2.05) is 24.3 Å². The Morgan fingerprint density at radius 3 is 2.73 bits per heavy atom. The van der Waals surface area contributed by atoms with Crippen molar-refractivity contribution in [2.45, 2.75) is 10.1 Å². The van der Waals surface area contributed by atoms with Crippen LogP contribution in [-0.2, 0) is 10.0 Å². The molecule has 0 N–H and O–H groups in total. The molecule has 0 saturated carbocycles. The van der Waals surface area contributed by atoms with E-state index in [9.17, 15) is 8.42 Å². The van der Waals surface area contributed by atoms with Gasteiger partial charge in [-0.15, -0.1) is 11.3 Å². The minimum Gasteiger partial charge on any atom is -0.496 e. The maximum atomic E-state index is 12.5. The van der Waals surface area contributed by atoms with Crippen LogP contribution in [0.5, 0.6) is 5.75 Å². The van der Waals surface area contributed by atoms with Crippen LogP contribution in [-0.4, -0.2) is 43.1 Å². The van der Waals surface area contributed by atoms with Crippen molar-refractivity contribution in [3.05, 3.63) is 46.6 Å². The highest BCUT2D eigenvalue weighted by Crippen LogP contribution is 2.36. The molecule has 1 aromatic carbocycles. The molecule has 0 unspecified atom stereocenters. The lowest BCUT2D eigenvalue weighted by Crippen LogP contribution is -2.48. The number of ether oxygens (including phenoxy) is 1. The smallest absolute Gasteiger partial charge is 0.252 e. The van der Waals surface area contributed by atoms with Crippen LogP contribution < -0.4 is 4.74 Å². The average molecular weight is 412 g/mol. The molecule has 1 aliphatic rings. The van der Waals surface area contributed by atoms with Gasteiger partial charge in [-0.05, 0) is 24.3 Å². The van der Waals surface area contributed by atoms with Gasteiger partial charge >= 0.3 is 0 Å². The van der Waals surface area contributed by atoms with Crippen LogP contribution >= 0.6 is 22.9 Å². The molecule has 0 bridgehead atoms. The molecule has 1 fully saturated rings. The summed E-state index contributed by atoms with van der Waals surface area (Å²) in [5.41, 5.74) is 0.724. The summed E-state index contributed by atoms with van der Waals surface area (Å²) < 4.78 is 37.7. The zero-order chi connectivity index (χ0) is 18.3. The molecule has 4 rings (SSSR count). The van der Waals surface area contributed by atoms with E-state index in [1.165, 1.54) is 10.4 Å². The van der Waals surface area contributed by atoms with Crippen molar-refractivity contribution < 1.29 is 17.7 Å². The van der Waals surface area contributed by atoms with Gasteiger partial charge in [0, 0.05) is 13.1 Å². The number of methoxy groups -OCH3 is 1. The highest BCUT2D eigenvalue weighted by molar-refractivity contribution is 7.91. The molecular weight excluding hydrogens is 398 g/mol. The van der Waals surface area contributed by atoms with Crippen molar-refractivity contribution in [3.63, 3.8) is 0 Å². The zero-order valence-electron chi connectivity index (χ0n) is 13.6. The number of benzene rings is 1. The zero-order valence-corrected chi connectivity index (χ0v) is 16.0. The first-order valence-electron chi connectivity index (χ1n) is 7.71. The Hall–Kier alpha value is -1.94. The lowest BCUT2D eigenvalue weighted by molar-refractivity contribution is 0.217. The fraction of sp³-hybridized carbons (Fsp3) is 0.250. The third kappa shape index (κ3) is 3.01. The number of hydrogen-bond acceptors (Lipinski definition) is 7. The molecule has 0 radical (unpaired) electrons. The van der Waals surface area contributed by atoms with Gasteiger partial charge in [-0.25, -0.2) is 8.42 Å². The molecule has 0 atom stereocenters. The Balaban J connectivity index is 1.49. The normalized spacial score (nSPS) is 15.8. The van der Waals surface area contributed by atoms with Crippen molar-refractivity contribution in [2.75, 3.05) is 20.2 Å². The largest absolute Gasteiger partial charge is 0.496 e. The van der Waals surface area contributed by atoms with Gasteiger partial charge in [-0.1, -0.05) is 28.9 Å². The van der Waals surface area contributed by atoms with E-state index < -0.39 is 10.0 Å². The molecule has 0 aliphatic carbocycles. The van der Waals surface area contributed by atoms with Gasteiger partial charge in [0.15, 0.2) is 0 Å². The summed E-state index contributed by atoms with van der Waals surface area (Å²) >= 11 is 6.88. The van der Waals surface area contributed by atoms with Crippen molar-refractivity contribution in [2.24, 2.45) is 0 Å². The molecule has 0 spiro atoms. The Bertz CT molecular complexity index is 1040. The third-order valence-corrected chi connectivity index (χ3v) is 7.66. The number of hydrogen-bond donors (Lipinski definition) is 0. The summed E-state index contributed by atoms with van der Waals surface area (Å²) in [6.07, 6.45) is 0. The molecular formula is C16H14ClN3O4S2. The molecule has 3 aromatic rings. The van der Waals surface area contributed by atoms with Crippen LogP contribution in [0, 0.1) is 0 Å². The van der Waals surface area contributed by atoms with Gasteiger partial charge in [0.25, 0.3) is 10.0 Å². The standard InChI is InChI=1S/C16H14ClN3O4S2/c1-23-12-5-3-2-4-11(12)15-18-16(24-19-15)10-8-20(9-10)26(21,22)14-7-6-13(17)25-14/h2-7,10H,8-9H2,1H3. The topological polar surface area (TPSA) is 85.5 Å². The predicted molar refractivity (Wildman–Crippen MR) is 97.1 cm³/mol. The van der Waals surface area contributed by atoms with Crippen LogP contribution in [0.15, 0.2) is 45.1 Å².